The number of ether oxygens (including phenoxy) is 2. The minimum Gasteiger partial charge on any atom is -0.496 e. The van der Waals surface area contributed by atoms with Gasteiger partial charge in [0.05, 0.1) is 25.9 Å². The molecule has 21 heavy (non-hydrogen) atoms. The van der Waals surface area contributed by atoms with Crippen LogP contribution in [-0.4, -0.2) is 40.8 Å². The Morgan fingerprint density at radius 3 is 2.76 bits per heavy atom. The number of methoxy groups -OCH3 is 1. The highest BCUT2D eigenvalue weighted by Gasteiger charge is 2.37. The molecule has 1 saturated heterocycles. The van der Waals surface area contributed by atoms with E-state index in [4.69, 9.17) is 19.3 Å². The largest absolute Gasteiger partial charge is 0.496 e. The van der Waals surface area contributed by atoms with Gasteiger partial charge >= 0.3 is 7.82 Å². The van der Waals surface area contributed by atoms with Crippen LogP contribution in [0.25, 0.3) is 0 Å². The van der Waals surface area contributed by atoms with Gasteiger partial charge in [0.25, 0.3) is 0 Å². The van der Waals surface area contributed by atoms with Crippen LogP contribution in [0.2, 0.25) is 0 Å². The van der Waals surface area contributed by atoms with Gasteiger partial charge in [0.1, 0.15) is 11.9 Å². The molecule has 3 N–H and O–H groups in total. The first-order chi connectivity index (χ1) is 9.80. The fourth-order valence-electron chi connectivity index (χ4n) is 2.33. The number of aliphatic hydroxyl groups is 1. The lowest BCUT2D eigenvalue weighted by Crippen LogP contribution is -2.25. The second kappa shape index (κ2) is 6.44. The van der Waals surface area contributed by atoms with Gasteiger partial charge in [0, 0.05) is 12.0 Å². The van der Waals surface area contributed by atoms with Crippen LogP contribution in [0.5, 0.6) is 5.75 Å². The predicted octanol–water partition coefficient (Wildman–Crippen LogP) is 1.30. The molecule has 8 heteroatoms. The molecule has 118 valence electrons. The normalized spacial score (nSPS) is 26.0. The molecular weight excluding hydrogens is 299 g/mol. The van der Waals surface area contributed by atoms with Gasteiger partial charge in [-0.05, 0) is 18.6 Å². The first-order valence-electron chi connectivity index (χ1n) is 6.48. The molecule has 0 unspecified atom stereocenters. The van der Waals surface area contributed by atoms with Crippen LogP contribution in [0.1, 0.15) is 23.7 Å². The average molecular weight is 318 g/mol. The van der Waals surface area contributed by atoms with Crippen molar-refractivity contribution in [1.82, 2.24) is 0 Å². The van der Waals surface area contributed by atoms with Gasteiger partial charge in [-0.3, -0.25) is 4.52 Å². The third-order valence-corrected chi connectivity index (χ3v) is 3.85. The van der Waals surface area contributed by atoms with Crippen molar-refractivity contribution in [2.45, 2.75) is 31.7 Å². The fourth-order valence-corrected chi connectivity index (χ4v) is 2.68. The fraction of sp³-hybridized carbons (Fsp3) is 0.538. The van der Waals surface area contributed by atoms with Crippen LogP contribution in [0.4, 0.5) is 0 Å². The molecular formula is C13H19O7P. The maximum atomic E-state index is 10.7. The molecule has 2 rings (SSSR count). The van der Waals surface area contributed by atoms with Crippen molar-refractivity contribution >= 4 is 7.82 Å². The van der Waals surface area contributed by atoms with Crippen LogP contribution >= 0.6 is 7.82 Å². The zero-order valence-corrected chi connectivity index (χ0v) is 12.7. The van der Waals surface area contributed by atoms with Crippen molar-refractivity contribution < 1.29 is 33.5 Å². The number of aryl methyl sites for hydroxylation is 1. The molecule has 0 radical (unpaired) electrons. The third-order valence-electron chi connectivity index (χ3n) is 3.37. The van der Waals surface area contributed by atoms with Gasteiger partial charge in [-0.2, -0.15) is 0 Å². The van der Waals surface area contributed by atoms with Crippen molar-refractivity contribution in [2.75, 3.05) is 13.7 Å². The summed E-state index contributed by atoms with van der Waals surface area (Å²) in [6, 6.07) is 5.63. The molecule has 0 saturated carbocycles. The summed E-state index contributed by atoms with van der Waals surface area (Å²) in [6.07, 6.45) is -1.73. The highest BCUT2D eigenvalue weighted by molar-refractivity contribution is 7.46. The van der Waals surface area contributed by atoms with E-state index >= 15 is 0 Å². The Kier molecular flexibility index (Phi) is 5.03. The molecule has 0 aromatic heterocycles. The Labute approximate surface area is 122 Å². The highest BCUT2D eigenvalue weighted by atomic mass is 31.2. The standard InChI is InChI=1S/C13H19O7P/c1-8-3-4-9(11(5-8)18-2)12-6-10(14)13(20-12)7-19-21(15,16)17/h3-5,10,12-14H,6-7H2,1-2H3,(H2,15,16,17)/t10-,12+,13+/m0/s1. The van der Waals surface area contributed by atoms with Gasteiger partial charge in [0.2, 0.25) is 0 Å². The number of rotatable bonds is 5. The number of hydrogen-bond acceptors (Lipinski definition) is 5. The highest BCUT2D eigenvalue weighted by Crippen LogP contribution is 2.41. The third kappa shape index (κ3) is 4.26. The molecule has 0 aliphatic carbocycles. The van der Waals surface area contributed by atoms with Crippen LogP contribution < -0.4 is 4.74 Å². The molecule has 1 heterocycles. The minimum absolute atomic E-state index is 0.314. The van der Waals surface area contributed by atoms with E-state index in [2.05, 4.69) is 4.52 Å². The van der Waals surface area contributed by atoms with Gasteiger partial charge in [-0.25, -0.2) is 4.57 Å². The topological polar surface area (TPSA) is 105 Å². The zero-order valence-electron chi connectivity index (χ0n) is 11.8. The Morgan fingerprint density at radius 1 is 1.43 bits per heavy atom. The Morgan fingerprint density at radius 2 is 2.14 bits per heavy atom. The van der Waals surface area contributed by atoms with Crippen LogP contribution in [0.3, 0.4) is 0 Å². The molecule has 1 aliphatic rings. The van der Waals surface area contributed by atoms with Crippen molar-refractivity contribution in [3.8, 4) is 5.75 Å². The number of hydrogen-bond donors (Lipinski definition) is 3. The lowest BCUT2D eigenvalue weighted by atomic mass is 10.0. The second-order valence-electron chi connectivity index (χ2n) is 5.00. The van der Waals surface area contributed by atoms with Crippen molar-refractivity contribution in [1.29, 1.82) is 0 Å². The van der Waals surface area contributed by atoms with E-state index in [1.165, 1.54) is 0 Å². The smallest absolute Gasteiger partial charge is 0.469 e. The lowest BCUT2D eigenvalue weighted by Gasteiger charge is -2.17. The SMILES string of the molecule is COc1cc(C)ccc1[C@H]1C[C@H](O)[C@@H](COP(=O)(O)O)O1. The quantitative estimate of drug-likeness (QED) is 0.703. The average Bonchev–Trinajstić information content (AvgIpc) is 2.76. The molecule has 0 bridgehead atoms. The van der Waals surface area contributed by atoms with E-state index in [9.17, 15) is 9.67 Å². The number of aliphatic hydroxyl groups excluding tert-OH is 1. The zero-order chi connectivity index (χ0) is 15.6. The van der Waals surface area contributed by atoms with E-state index in [0.717, 1.165) is 11.1 Å². The maximum Gasteiger partial charge on any atom is 0.469 e. The molecule has 3 atom stereocenters. The van der Waals surface area contributed by atoms with E-state index < -0.39 is 26.1 Å². The summed E-state index contributed by atoms with van der Waals surface area (Å²) < 4.78 is 26.0. The van der Waals surface area contributed by atoms with E-state index in [1.54, 1.807) is 7.11 Å². The van der Waals surface area contributed by atoms with Gasteiger partial charge in [0.15, 0.2) is 0 Å². The maximum absolute atomic E-state index is 10.7. The van der Waals surface area contributed by atoms with Gasteiger partial charge in [-0.1, -0.05) is 12.1 Å². The van der Waals surface area contributed by atoms with Crippen LogP contribution in [0, 0.1) is 6.92 Å². The number of phosphoric ester groups is 1. The van der Waals surface area contributed by atoms with Crippen molar-refractivity contribution in [3.05, 3.63) is 29.3 Å². The summed E-state index contributed by atoms with van der Waals surface area (Å²) in [6.45, 7) is 1.57. The molecule has 1 aromatic carbocycles. The molecule has 7 nitrogen and oxygen atoms in total. The van der Waals surface area contributed by atoms with E-state index in [1.807, 2.05) is 25.1 Å². The summed E-state index contributed by atoms with van der Waals surface area (Å²) >= 11 is 0. The summed E-state index contributed by atoms with van der Waals surface area (Å²) in [7, 11) is -3.02. The molecule has 0 spiro atoms. The first kappa shape index (κ1) is 16.4. The molecule has 1 fully saturated rings. The summed E-state index contributed by atoms with van der Waals surface area (Å²) in [5.41, 5.74) is 1.83. The minimum atomic E-state index is -4.57. The van der Waals surface area contributed by atoms with Crippen molar-refractivity contribution in [2.24, 2.45) is 0 Å². The van der Waals surface area contributed by atoms with Gasteiger partial charge in [-0.15, -0.1) is 0 Å². The molecule has 0 amide bonds. The lowest BCUT2D eigenvalue weighted by molar-refractivity contribution is -0.0226. The van der Waals surface area contributed by atoms with E-state index in [-0.39, 0.29) is 6.61 Å². The Hall–Kier alpha value is -0.950. The predicted molar refractivity (Wildman–Crippen MR) is 74.0 cm³/mol. The Balaban J connectivity index is 2.08. The second-order valence-corrected chi connectivity index (χ2v) is 6.24. The van der Waals surface area contributed by atoms with Gasteiger partial charge < -0.3 is 24.4 Å². The van der Waals surface area contributed by atoms with E-state index in [0.29, 0.717) is 12.2 Å². The summed E-state index contributed by atoms with van der Waals surface area (Å²) in [5, 5.41) is 9.94. The van der Waals surface area contributed by atoms with Crippen molar-refractivity contribution in [3.63, 3.8) is 0 Å². The summed E-state index contributed by atoms with van der Waals surface area (Å²) in [5.74, 6) is 0.656. The summed E-state index contributed by atoms with van der Waals surface area (Å²) in [4.78, 5) is 17.4. The number of phosphoric acid groups is 1. The number of benzene rings is 1. The molecule has 1 aromatic rings. The van der Waals surface area contributed by atoms with Crippen LogP contribution in [-0.2, 0) is 13.8 Å². The van der Waals surface area contributed by atoms with Crippen LogP contribution in [0.15, 0.2) is 18.2 Å². The Bertz CT molecular complexity index is 541. The first-order valence-corrected chi connectivity index (χ1v) is 8.01. The molecule has 1 aliphatic heterocycles. The monoisotopic (exact) mass is 318 g/mol.